The number of alkyl halides is 3. The van der Waals surface area contributed by atoms with Crippen LogP contribution < -0.4 is 0 Å². The first-order valence-electron chi connectivity index (χ1n) is 7.52. The van der Waals surface area contributed by atoms with Gasteiger partial charge in [-0.3, -0.25) is 9.59 Å². The summed E-state index contributed by atoms with van der Waals surface area (Å²) in [5.74, 6) is -1.45. The number of hydrogen-bond acceptors (Lipinski definition) is 3. The van der Waals surface area contributed by atoms with Crippen LogP contribution in [0.5, 0.6) is 0 Å². The number of carbonyl (C=O) groups is 2. The monoisotopic (exact) mass is 346 g/mol. The van der Waals surface area contributed by atoms with Gasteiger partial charge in [-0.1, -0.05) is 0 Å². The Balaban J connectivity index is 1.68. The fraction of sp³-hybridized carbons (Fsp3) is 0.600. The second-order valence-electron chi connectivity index (χ2n) is 6.04. The van der Waals surface area contributed by atoms with Crippen molar-refractivity contribution in [3.05, 3.63) is 22.4 Å². The van der Waals surface area contributed by atoms with Crippen LogP contribution in [0.25, 0.3) is 0 Å². The van der Waals surface area contributed by atoms with Crippen LogP contribution in [0.4, 0.5) is 13.2 Å². The lowest BCUT2D eigenvalue weighted by Crippen LogP contribution is -2.38. The molecule has 2 amide bonds. The standard InChI is InChI=1S/C15H17F3N2O2S/c16-15(17,18)9-19-7-11(6-13(19)21)14(22)20-4-1-2-12(20)10-3-5-23-8-10/h3,5,8,11-12H,1-2,4,6-7,9H2/t11-,12-/m0/s1. The van der Waals surface area contributed by atoms with Crippen LogP contribution in [0.2, 0.25) is 0 Å². The van der Waals surface area contributed by atoms with E-state index in [1.165, 1.54) is 0 Å². The molecule has 3 heterocycles. The van der Waals surface area contributed by atoms with Crippen LogP contribution in [0.3, 0.4) is 0 Å². The summed E-state index contributed by atoms with van der Waals surface area (Å²) < 4.78 is 37.4. The van der Waals surface area contributed by atoms with Crippen molar-refractivity contribution in [1.29, 1.82) is 0 Å². The number of thiophene rings is 1. The second kappa shape index (κ2) is 6.14. The van der Waals surface area contributed by atoms with E-state index in [4.69, 9.17) is 0 Å². The molecule has 0 N–H and O–H groups in total. The highest BCUT2D eigenvalue weighted by atomic mass is 32.1. The lowest BCUT2D eigenvalue weighted by molar-refractivity contribution is -0.157. The largest absolute Gasteiger partial charge is 0.406 e. The number of halogens is 3. The van der Waals surface area contributed by atoms with Crippen LogP contribution >= 0.6 is 11.3 Å². The first kappa shape index (κ1) is 16.3. The Bertz CT molecular complexity index is 588. The molecule has 2 fully saturated rings. The average Bonchev–Trinajstić information content (AvgIpc) is 3.16. The lowest BCUT2D eigenvalue weighted by atomic mass is 10.0. The minimum Gasteiger partial charge on any atom is -0.335 e. The molecule has 8 heteroatoms. The minimum atomic E-state index is -4.43. The van der Waals surface area contributed by atoms with Crippen LogP contribution in [-0.4, -0.2) is 47.4 Å². The fourth-order valence-electron chi connectivity index (χ4n) is 3.38. The molecule has 2 atom stereocenters. The molecular weight excluding hydrogens is 329 g/mol. The van der Waals surface area contributed by atoms with Gasteiger partial charge in [-0.05, 0) is 35.2 Å². The summed E-state index contributed by atoms with van der Waals surface area (Å²) in [7, 11) is 0. The van der Waals surface area contributed by atoms with Gasteiger partial charge in [0.1, 0.15) is 6.54 Å². The molecule has 0 spiro atoms. The van der Waals surface area contributed by atoms with Crippen molar-refractivity contribution >= 4 is 23.2 Å². The number of carbonyl (C=O) groups excluding carboxylic acids is 2. The maximum Gasteiger partial charge on any atom is 0.406 e. The smallest absolute Gasteiger partial charge is 0.335 e. The Morgan fingerprint density at radius 1 is 1.39 bits per heavy atom. The van der Waals surface area contributed by atoms with Gasteiger partial charge in [0, 0.05) is 19.5 Å². The Morgan fingerprint density at radius 2 is 2.17 bits per heavy atom. The molecule has 0 radical (unpaired) electrons. The molecule has 0 aromatic carbocycles. The molecule has 1 aromatic rings. The highest BCUT2D eigenvalue weighted by Crippen LogP contribution is 2.35. The topological polar surface area (TPSA) is 40.6 Å². The highest BCUT2D eigenvalue weighted by Gasteiger charge is 2.43. The third-order valence-corrected chi connectivity index (χ3v) is 5.10. The van der Waals surface area contributed by atoms with Gasteiger partial charge >= 0.3 is 6.18 Å². The first-order chi connectivity index (χ1) is 10.8. The third kappa shape index (κ3) is 3.52. The molecule has 0 saturated carbocycles. The summed E-state index contributed by atoms with van der Waals surface area (Å²) in [4.78, 5) is 26.9. The van der Waals surface area contributed by atoms with E-state index in [9.17, 15) is 22.8 Å². The average molecular weight is 346 g/mol. The maximum atomic E-state index is 12.7. The van der Waals surface area contributed by atoms with Gasteiger partial charge in [0.25, 0.3) is 0 Å². The van der Waals surface area contributed by atoms with E-state index >= 15 is 0 Å². The van der Waals surface area contributed by atoms with Crippen LogP contribution in [0.1, 0.15) is 30.9 Å². The zero-order valence-electron chi connectivity index (χ0n) is 12.4. The van der Waals surface area contributed by atoms with E-state index in [2.05, 4.69) is 0 Å². The van der Waals surface area contributed by atoms with Crippen LogP contribution in [0, 0.1) is 5.92 Å². The van der Waals surface area contributed by atoms with E-state index in [-0.39, 0.29) is 24.9 Å². The Morgan fingerprint density at radius 3 is 2.83 bits per heavy atom. The number of hydrogen-bond donors (Lipinski definition) is 0. The highest BCUT2D eigenvalue weighted by molar-refractivity contribution is 7.07. The predicted octanol–water partition coefficient (Wildman–Crippen LogP) is 2.82. The Kier molecular flexibility index (Phi) is 4.35. The minimum absolute atomic E-state index is 0.0134. The van der Waals surface area contributed by atoms with Gasteiger partial charge in [-0.15, -0.1) is 0 Å². The summed E-state index contributed by atoms with van der Waals surface area (Å²) in [5, 5.41) is 3.94. The van der Waals surface area contributed by atoms with Crippen molar-refractivity contribution in [3.63, 3.8) is 0 Å². The number of likely N-dealkylation sites (tertiary alicyclic amines) is 2. The molecule has 4 nitrogen and oxygen atoms in total. The predicted molar refractivity (Wildman–Crippen MR) is 78.7 cm³/mol. The fourth-order valence-corrected chi connectivity index (χ4v) is 4.09. The molecule has 3 rings (SSSR count). The molecule has 0 unspecified atom stereocenters. The third-order valence-electron chi connectivity index (χ3n) is 4.40. The van der Waals surface area contributed by atoms with Gasteiger partial charge in [-0.2, -0.15) is 24.5 Å². The van der Waals surface area contributed by atoms with Crippen LogP contribution in [-0.2, 0) is 9.59 Å². The maximum absolute atomic E-state index is 12.7. The molecule has 23 heavy (non-hydrogen) atoms. The summed E-state index contributed by atoms with van der Waals surface area (Å²) in [6.07, 6.45) is -2.82. The first-order valence-corrected chi connectivity index (χ1v) is 8.46. The van der Waals surface area contributed by atoms with E-state index in [0.717, 1.165) is 23.3 Å². The van der Waals surface area contributed by atoms with E-state index in [1.807, 2.05) is 16.8 Å². The van der Waals surface area contributed by atoms with Gasteiger partial charge in [0.05, 0.1) is 12.0 Å². The molecule has 2 aliphatic heterocycles. The van der Waals surface area contributed by atoms with Gasteiger partial charge in [0.15, 0.2) is 0 Å². The normalized spacial score (nSPS) is 25.4. The van der Waals surface area contributed by atoms with Crippen molar-refractivity contribution in [2.24, 2.45) is 5.92 Å². The number of amides is 2. The second-order valence-corrected chi connectivity index (χ2v) is 6.82. The molecule has 0 bridgehead atoms. The quantitative estimate of drug-likeness (QED) is 0.844. The van der Waals surface area contributed by atoms with E-state index in [0.29, 0.717) is 6.54 Å². The van der Waals surface area contributed by atoms with Crippen molar-refractivity contribution in [2.75, 3.05) is 19.6 Å². The summed E-state index contributed by atoms with van der Waals surface area (Å²) in [5.41, 5.74) is 1.07. The zero-order chi connectivity index (χ0) is 16.6. The summed E-state index contributed by atoms with van der Waals surface area (Å²) >= 11 is 1.55. The molecular formula is C15H17F3N2O2S. The van der Waals surface area contributed by atoms with Crippen molar-refractivity contribution in [3.8, 4) is 0 Å². The SMILES string of the molecule is O=C1C[C@H](C(=O)N2CCC[C@H]2c2ccsc2)CN1CC(F)(F)F. The number of rotatable bonds is 3. The van der Waals surface area contributed by atoms with Crippen molar-refractivity contribution in [2.45, 2.75) is 31.5 Å². The number of nitrogens with zero attached hydrogens (tertiary/aromatic N) is 2. The van der Waals surface area contributed by atoms with Gasteiger partial charge in [-0.25, -0.2) is 0 Å². The Hall–Kier alpha value is -1.57. The lowest BCUT2D eigenvalue weighted by Gasteiger charge is -2.27. The van der Waals surface area contributed by atoms with Crippen molar-refractivity contribution in [1.82, 2.24) is 9.80 Å². The molecule has 2 saturated heterocycles. The van der Waals surface area contributed by atoms with Gasteiger partial charge in [0.2, 0.25) is 11.8 Å². The summed E-state index contributed by atoms with van der Waals surface area (Å²) in [6.45, 7) is -0.809. The molecule has 126 valence electrons. The van der Waals surface area contributed by atoms with Crippen molar-refractivity contribution < 1.29 is 22.8 Å². The molecule has 1 aromatic heterocycles. The molecule has 0 aliphatic carbocycles. The van der Waals surface area contributed by atoms with E-state index < -0.39 is 24.5 Å². The molecule has 2 aliphatic rings. The van der Waals surface area contributed by atoms with Crippen LogP contribution in [0.15, 0.2) is 16.8 Å². The Labute approximate surface area is 135 Å². The summed E-state index contributed by atoms with van der Waals surface area (Å²) in [6, 6.07) is 1.96. The van der Waals surface area contributed by atoms with E-state index in [1.54, 1.807) is 16.2 Å². The zero-order valence-corrected chi connectivity index (χ0v) is 13.2. The van der Waals surface area contributed by atoms with Gasteiger partial charge < -0.3 is 9.80 Å².